The molecule has 0 aliphatic carbocycles. The van der Waals surface area contributed by atoms with Gasteiger partial charge in [0.1, 0.15) is 17.8 Å². The fourth-order valence-electron chi connectivity index (χ4n) is 1.66. The van der Waals surface area contributed by atoms with Crippen molar-refractivity contribution in [2.45, 2.75) is 13.5 Å². The third-order valence-corrected chi connectivity index (χ3v) is 2.73. The minimum absolute atomic E-state index is 0.0219. The maximum atomic E-state index is 10.7. The van der Waals surface area contributed by atoms with Crippen molar-refractivity contribution in [2.24, 2.45) is 0 Å². The van der Waals surface area contributed by atoms with Crippen LogP contribution in [0.2, 0.25) is 0 Å². The molecule has 0 saturated carbocycles. The van der Waals surface area contributed by atoms with Crippen molar-refractivity contribution in [3.8, 4) is 5.88 Å². The van der Waals surface area contributed by atoms with Crippen molar-refractivity contribution in [1.29, 1.82) is 0 Å². The summed E-state index contributed by atoms with van der Waals surface area (Å²) in [5.74, 6) is 0.141. The van der Waals surface area contributed by atoms with Gasteiger partial charge in [-0.15, -0.1) is 0 Å². The number of carboxylic acid groups (broad SMARTS) is 1. The Morgan fingerprint density at radius 2 is 2.15 bits per heavy atom. The van der Waals surface area contributed by atoms with Crippen molar-refractivity contribution in [2.75, 3.05) is 12.4 Å². The van der Waals surface area contributed by atoms with E-state index < -0.39 is 5.97 Å². The number of ether oxygens (including phenoxy) is 1. The van der Waals surface area contributed by atoms with Gasteiger partial charge in [-0.05, 0) is 18.6 Å². The van der Waals surface area contributed by atoms with Crippen LogP contribution >= 0.6 is 0 Å². The van der Waals surface area contributed by atoms with Crippen molar-refractivity contribution in [3.63, 3.8) is 0 Å². The Balaban J connectivity index is 2.07. The molecule has 2 N–H and O–H groups in total. The number of pyridine rings is 1. The van der Waals surface area contributed by atoms with Crippen LogP contribution in [0.3, 0.4) is 0 Å². The molecule has 104 valence electrons. The predicted molar refractivity (Wildman–Crippen MR) is 71.8 cm³/mol. The SMILES string of the molecule is COc1ncnc(NCc2ccc(C(=O)O)nc2)c1C. The second kappa shape index (κ2) is 5.96. The maximum Gasteiger partial charge on any atom is 0.354 e. The highest BCUT2D eigenvalue weighted by molar-refractivity contribution is 5.85. The lowest BCUT2D eigenvalue weighted by atomic mass is 10.2. The first-order valence-corrected chi connectivity index (χ1v) is 5.89. The molecule has 2 aromatic rings. The fraction of sp³-hybridized carbons (Fsp3) is 0.231. The van der Waals surface area contributed by atoms with Gasteiger partial charge in [0.15, 0.2) is 0 Å². The van der Waals surface area contributed by atoms with E-state index in [9.17, 15) is 4.79 Å². The molecule has 2 heterocycles. The summed E-state index contributed by atoms with van der Waals surface area (Å²) in [7, 11) is 1.55. The molecule has 0 bridgehead atoms. The number of aromatic nitrogens is 3. The molecule has 0 saturated heterocycles. The number of rotatable bonds is 5. The maximum absolute atomic E-state index is 10.7. The van der Waals surface area contributed by atoms with Gasteiger partial charge in [0.25, 0.3) is 0 Å². The van der Waals surface area contributed by atoms with E-state index in [4.69, 9.17) is 9.84 Å². The van der Waals surface area contributed by atoms with Gasteiger partial charge in [-0.2, -0.15) is 0 Å². The molecule has 0 aromatic carbocycles. The summed E-state index contributed by atoms with van der Waals surface area (Å²) in [6.07, 6.45) is 2.93. The Hall–Kier alpha value is -2.70. The first-order valence-electron chi connectivity index (χ1n) is 5.89. The summed E-state index contributed by atoms with van der Waals surface area (Å²) < 4.78 is 5.11. The van der Waals surface area contributed by atoms with Gasteiger partial charge in [-0.3, -0.25) is 0 Å². The summed E-state index contributed by atoms with van der Waals surface area (Å²) in [5.41, 5.74) is 1.69. The number of carboxylic acids is 1. The zero-order chi connectivity index (χ0) is 14.5. The molecule has 0 radical (unpaired) electrons. The lowest BCUT2D eigenvalue weighted by molar-refractivity contribution is 0.0690. The Labute approximate surface area is 115 Å². The lowest BCUT2D eigenvalue weighted by Crippen LogP contribution is -2.06. The van der Waals surface area contributed by atoms with Crippen LogP contribution < -0.4 is 10.1 Å². The number of anilines is 1. The first-order chi connectivity index (χ1) is 9.61. The number of carbonyl (C=O) groups is 1. The van der Waals surface area contributed by atoms with E-state index in [0.717, 1.165) is 11.1 Å². The van der Waals surface area contributed by atoms with Gasteiger partial charge in [0, 0.05) is 12.7 Å². The zero-order valence-electron chi connectivity index (χ0n) is 11.1. The van der Waals surface area contributed by atoms with Gasteiger partial charge in [-0.25, -0.2) is 19.7 Å². The minimum atomic E-state index is -1.04. The molecule has 0 amide bonds. The molecule has 0 unspecified atom stereocenters. The molecule has 0 fully saturated rings. The summed E-state index contributed by atoms with van der Waals surface area (Å²) >= 11 is 0. The molecular weight excluding hydrogens is 260 g/mol. The molecule has 0 spiro atoms. The second-order valence-corrected chi connectivity index (χ2v) is 4.07. The Morgan fingerprint density at radius 3 is 2.75 bits per heavy atom. The third-order valence-electron chi connectivity index (χ3n) is 2.73. The summed E-state index contributed by atoms with van der Waals surface area (Å²) in [5, 5.41) is 11.9. The number of nitrogens with zero attached hydrogens (tertiary/aromatic N) is 3. The highest BCUT2D eigenvalue weighted by Crippen LogP contribution is 2.20. The van der Waals surface area contributed by atoms with Crippen LogP contribution in [-0.2, 0) is 6.54 Å². The van der Waals surface area contributed by atoms with Gasteiger partial charge in [-0.1, -0.05) is 6.07 Å². The minimum Gasteiger partial charge on any atom is -0.481 e. The standard InChI is InChI=1S/C13H14N4O3/c1-8-11(16-7-17-12(8)20-2)15-6-9-3-4-10(13(18)19)14-5-9/h3-5,7H,6H2,1-2H3,(H,18,19)(H,15,16,17). The lowest BCUT2D eigenvalue weighted by Gasteiger charge is -2.10. The van der Waals surface area contributed by atoms with E-state index in [2.05, 4.69) is 20.3 Å². The van der Waals surface area contributed by atoms with Crippen molar-refractivity contribution < 1.29 is 14.6 Å². The molecule has 7 nitrogen and oxygen atoms in total. The van der Waals surface area contributed by atoms with Crippen LogP contribution in [-0.4, -0.2) is 33.1 Å². The molecule has 2 rings (SSSR count). The van der Waals surface area contributed by atoms with Gasteiger partial charge < -0.3 is 15.2 Å². The average molecular weight is 274 g/mol. The summed E-state index contributed by atoms with van der Waals surface area (Å²) in [4.78, 5) is 22.7. The van der Waals surface area contributed by atoms with Crippen LogP contribution in [0.15, 0.2) is 24.7 Å². The number of hydrogen-bond donors (Lipinski definition) is 2. The number of methoxy groups -OCH3 is 1. The highest BCUT2D eigenvalue weighted by Gasteiger charge is 2.07. The highest BCUT2D eigenvalue weighted by atomic mass is 16.5. The average Bonchev–Trinajstić information content (AvgIpc) is 2.46. The normalized spacial score (nSPS) is 10.1. The molecule has 20 heavy (non-hydrogen) atoms. The Morgan fingerprint density at radius 1 is 1.35 bits per heavy atom. The summed E-state index contributed by atoms with van der Waals surface area (Å²) in [6.45, 7) is 2.33. The third kappa shape index (κ3) is 3.00. The zero-order valence-corrected chi connectivity index (χ0v) is 11.1. The van der Waals surface area contributed by atoms with E-state index in [0.29, 0.717) is 18.2 Å². The largest absolute Gasteiger partial charge is 0.481 e. The van der Waals surface area contributed by atoms with E-state index in [1.807, 2.05) is 6.92 Å². The van der Waals surface area contributed by atoms with E-state index in [1.54, 1.807) is 13.2 Å². The van der Waals surface area contributed by atoms with Crippen LogP contribution in [0.1, 0.15) is 21.6 Å². The smallest absolute Gasteiger partial charge is 0.354 e. The van der Waals surface area contributed by atoms with E-state index in [1.165, 1.54) is 18.6 Å². The monoisotopic (exact) mass is 274 g/mol. The Kier molecular flexibility index (Phi) is 4.09. The molecule has 0 aliphatic rings. The molecule has 7 heteroatoms. The quantitative estimate of drug-likeness (QED) is 0.852. The van der Waals surface area contributed by atoms with Crippen LogP contribution in [0.25, 0.3) is 0 Å². The van der Waals surface area contributed by atoms with Crippen molar-refractivity contribution >= 4 is 11.8 Å². The van der Waals surface area contributed by atoms with Gasteiger partial charge in [0.2, 0.25) is 5.88 Å². The Bertz CT molecular complexity index is 614. The number of aromatic carboxylic acids is 1. The predicted octanol–water partition coefficient (Wildman–Crippen LogP) is 1.50. The van der Waals surface area contributed by atoms with Crippen LogP contribution in [0.4, 0.5) is 5.82 Å². The number of hydrogen-bond acceptors (Lipinski definition) is 6. The first kappa shape index (κ1) is 13.7. The van der Waals surface area contributed by atoms with Crippen LogP contribution in [0.5, 0.6) is 5.88 Å². The van der Waals surface area contributed by atoms with Crippen LogP contribution in [0, 0.1) is 6.92 Å². The molecule has 0 aliphatic heterocycles. The van der Waals surface area contributed by atoms with Crippen molar-refractivity contribution in [3.05, 3.63) is 41.5 Å². The number of nitrogens with one attached hydrogen (secondary N) is 1. The van der Waals surface area contributed by atoms with E-state index >= 15 is 0 Å². The molecule has 0 atom stereocenters. The topological polar surface area (TPSA) is 97.2 Å². The second-order valence-electron chi connectivity index (χ2n) is 4.07. The molecule has 2 aromatic heterocycles. The van der Waals surface area contributed by atoms with Gasteiger partial charge >= 0.3 is 5.97 Å². The molecular formula is C13H14N4O3. The summed E-state index contributed by atoms with van der Waals surface area (Å²) in [6, 6.07) is 3.17. The van der Waals surface area contributed by atoms with Gasteiger partial charge in [0.05, 0.1) is 12.7 Å². The van der Waals surface area contributed by atoms with Crippen molar-refractivity contribution in [1.82, 2.24) is 15.0 Å². The van der Waals surface area contributed by atoms with E-state index in [-0.39, 0.29) is 5.69 Å². The fourth-order valence-corrected chi connectivity index (χ4v) is 1.66.